The molecule has 0 heterocycles. The molecule has 0 spiro atoms. The fourth-order valence-corrected chi connectivity index (χ4v) is 5.01. The minimum Gasteiger partial charge on any atom is -0.427 e. The number of ether oxygens (including phenoxy) is 1. The maximum Gasteiger partial charge on any atom is 0.311 e. The highest BCUT2D eigenvalue weighted by molar-refractivity contribution is 5.73. The maximum atomic E-state index is 12.0. The topological polar surface area (TPSA) is 26.3 Å². The highest BCUT2D eigenvalue weighted by Crippen LogP contribution is 2.38. The van der Waals surface area contributed by atoms with Gasteiger partial charge in [-0.3, -0.25) is 4.79 Å². The van der Waals surface area contributed by atoms with Gasteiger partial charge in [-0.15, -0.1) is 0 Å². The van der Waals surface area contributed by atoms with Crippen molar-refractivity contribution in [3.8, 4) is 16.9 Å². The molecule has 0 aliphatic heterocycles. The van der Waals surface area contributed by atoms with Crippen molar-refractivity contribution in [1.29, 1.82) is 0 Å². The standard InChI is InChI=1S/C30H42O2/c1-3-5-7-9-11-30(31)32-29-22-20-28(21-23-29)27-18-16-26(17-19-27)25-14-12-24(13-15-25)10-8-6-4-2/h16-25H,3-15H2,1-2H3. The Hall–Kier alpha value is -2.09. The van der Waals surface area contributed by atoms with E-state index in [1.54, 1.807) is 0 Å². The normalized spacial score (nSPS) is 18.4. The number of carbonyl (C=O) groups is 1. The number of esters is 1. The summed E-state index contributed by atoms with van der Waals surface area (Å²) in [6.07, 6.45) is 15.9. The van der Waals surface area contributed by atoms with Crippen LogP contribution < -0.4 is 4.74 Å². The van der Waals surface area contributed by atoms with Crippen LogP contribution in [-0.4, -0.2) is 5.97 Å². The summed E-state index contributed by atoms with van der Waals surface area (Å²) in [5.74, 6) is 2.20. The van der Waals surface area contributed by atoms with Crippen LogP contribution in [0.5, 0.6) is 5.75 Å². The summed E-state index contributed by atoms with van der Waals surface area (Å²) in [5.41, 5.74) is 3.88. The number of hydrogen-bond donors (Lipinski definition) is 0. The Morgan fingerprint density at radius 3 is 1.97 bits per heavy atom. The molecule has 0 atom stereocenters. The first-order valence-corrected chi connectivity index (χ1v) is 13.1. The van der Waals surface area contributed by atoms with Gasteiger partial charge in [0.2, 0.25) is 0 Å². The Labute approximate surface area is 195 Å². The van der Waals surface area contributed by atoms with Gasteiger partial charge in [0.15, 0.2) is 0 Å². The molecule has 174 valence electrons. The van der Waals surface area contributed by atoms with Crippen LogP contribution in [0.4, 0.5) is 0 Å². The number of benzene rings is 2. The van der Waals surface area contributed by atoms with Gasteiger partial charge in [0.05, 0.1) is 0 Å². The first-order chi connectivity index (χ1) is 15.7. The predicted molar refractivity (Wildman–Crippen MR) is 135 cm³/mol. The van der Waals surface area contributed by atoms with Crippen molar-refractivity contribution in [2.24, 2.45) is 5.92 Å². The first-order valence-electron chi connectivity index (χ1n) is 13.1. The van der Waals surface area contributed by atoms with Crippen molar-refractivity contribution >= 4 is 5.97 Å². The summed E-state index contributed by atoms with van der Waals surface area (Å²) in [6, 6.07) is 17.1. The van der Waals surface area contributed by atoms with Crippen LogP contribution in [0, 0.1) is 5.92 Å². The van der Waals surface area contributed by atoms with Crippen LogP contribution in [0.25, 0.3) is 11.1 Å². The molecule has 1 aliphatic carbocycles. The minimum absolute atomic E-state index is 0.127. The lowest BCUT2D eigenvalue weighted by Crippen LogP contribution is -2.13. The molecule has 1 saturated carbocycles. The Kier molecular flexibility index (Phi) is 10.3. The average molecular weight is 435 g/mol. The van der Waals surface area contributed by atoms with Crippen molar-refractivity contribution in [1.82, 2.24) is 0 Å². The van der Waals surface area contributed by atoms with Gasteiger partial charge >= 0.3 is 5.97 Å². The van der Waals surface area contributed by atoms with Crippen LogP contribution in [0.2, 0.25) is 0 Å². The Bertz CT molecular complexity index is 783. The third kappa shape index (κ3) is 7.80. The van der Waals surface area contributed by atoms with Gasteiger partial charge in [0, 0.05) is 6.42 Å². The zero-order valence-corrected chi connectivity index (χ0v) is 20.3. The van der Waals surface area contributed by atoms with Crippen molar-refractivity contribution < 1.29 is 9.53 Å². The maximum absolute atomic E-state index is 12.0. The molecule has 2 nitrogen and oxygen atoms in total. The van der Waals surface area contributed by atoms with E-state index in [0.717, 1.165) is 24.7 Å². The highest BCUT2D eigenvalue weighted by atomic mass is 16.5. The van der Waals surface area contributed by atoms with Crippen LogP contribution in [-0.2, 0) is 4.79 Å². The first kappa shape index (κ1) is 24.6. The van der Waals surface area contributed by atoms with Crippen LogP contribution >= 0.6 is 0 Å². The monoisotopic (exact) mass is 434 g/mol. The fourth-order valence-electron chi connectivity index (χ4n) is 5.01. The van der Waals surface area contributed by atoms with Gasteiger partial charge in [-0.25, -0.2) is 0 Å². The second-order valence-corrected chi connectivity index (χ2v) is 9.64. The van der Waals surface area contributed by atoms with E-state index in [2.05, 4.69) is 50.2 Å². The second-order valence-electron chi connectivity index (χ2n) is 9.64. The van der Waals surface area contributed by atoms with E-state index in [-0.39, 0.29) is 5.97 Å². The molecule has 1 fully saturated rings. The summed E-state index contributed by atoms with van der Waals surface area (Å²) in [6.45, 7) is 4.47. The number of carbonyl (C=O) groups excluding carboxylic acids is 1. The predicted octanol–water partition coefficient (Wildman–Crippen LogP) is 9.08. The lowest BCUT2D eigenvalue weighted by atomic mass is 9.77. The molecule has 0 unspecified atom stereocenters. The molecule has 0 amide bonds. The van der Waals surface area contributed by atoms with E-state index in [0.29, 0.717) is 12.2 Å². The van der Waals surface area contributed by atoms with Gasteiger partial charge < -0.3 is 4.74 Å². The summed E-state index contributed by atoms with van der Waals surface area (Å²) in [4.78, 5) is 12.0. The third-order valence-corrected chi connectivity index (χ3v) is 7.10. The van der Waals surface area contributed by atoms with Crippen LogP contribution in [0.3, 0.4) is 0 Å². The molecule has 0 N–H and O–H groups in total. The average Bonchev–Trinajstić information content (AvgIpc) is 2.83. The summed E-state index contributed by atoms with van der Waals surface area (Å²) >= 11 is 0. The summed E-state index contributed by atoms with van der Waals surface area (Å²) in [5, 5.41) is 0. The Morgan fingerprint density at radius 2 is 1.34 bits per heavy atom. The van der Waals surface area contributed by atoms with E-state index in [1.165, 1.54) is 80.9 Å². The SMILES string of the molecule is CCCCCCC(=O)Oc1ccc(-c2ccc(C3CCC(CCCCC)CC3)cc2)cc1. The molecular formula is C30H42O2. The lowest BCUT2D eigenvalue weighted by molar-refractivity contribution is -0.134. The number of rotatable bonds is 12. The quantitative estimate of drug-likeness (QED) is 0.189. The van der Waals surface area contributed by atoms with Crippen LogP contribution in [0.15, 0.2) is 48.5 Å². The largest absolute Gasteiger partial charge is 0.427 e. The van der Waals surface area contributed by atoms with Crippen molar-refractivity contribution in [2.75, 3.05) is 0 Å². The van der Waals surface area contributed by atoms with E-state index in [4.69, 9.17) is 4.74 Å². The molecule has 0 bridgehead atoms. The fraction of sp³-hybridized carbons (Fsp3) is 0.567. The van der Waals surface area contributed by atoms with Gasteiger partial charge in [0.1, 0.15) is 5.75 Å². The molecule has 2 aromatic rings. The van der Waals surface area contributed by atoms with Crippen LogP contribution in [0.1, 0.15) is 109 Å². The van der Waals surface area contributed by atoms with Gasteiger partial charge in [-0.05, 0) is 72.8 Å². The van der Waals surface area contributed by atoms with Crippen molar-refractivity contribution in [2.45, 2.75) is 103 Å². The second kappa shape index (κ2) is 13.5. The molecule has 0 radical (unpaired) electrons. The molecule has 0 saturated heterocycles. The van der Waals surface area contributed by atoms with Gasteiger partial charge in [-0.1, -0.05) is 95.2 Å². The smallest absolute Gasteiger partial charge is 0.311 e. The molecular weight excluding hydrogens is 392 g/mol. The minimum atomic E-state index is -0.127. The lowest BCUT2D eigenvalue weighted by Gasteiger charge is -2.29. The number of hydrogen-bond acceptors (Lipinski definition) is 2. The summed E-state index contributed by atoms with van der Waals surface area (Å²) in [7, 11) is 0. The third-order valence-electron chi connectivity index (χ3n) is 7.10. The van der Waals surface area contributed by atoms with Crippen molar-refractivity contribution in [3.05, 3.63) is 54.1 Å². The van der Waals surface area contributed by atoms with E-state index < -0.39 is 0 Å². The number of unbranched alkanes of at least 4 members (excludes halogenated alkanes) is 5. The molecule has 1 aliphatic rings. The molecule has 32 heavy (non-hydrogen) atoms. The molecule has 2 heteroatoms. The molecule has 2 aromatic carbocycles. The Morgan fingerprint density at radius 1 is 0.750 bits per heavy atom. The summed E-state index contributed by atoms with van der Waals surface area (Å²) < 4.78 is 5.48. The van der Waals surface area contributed by atoms with Gasteiger partial charge in [0.25, 0.3) is 0 Å². The highest BCUT2D eigenvalue weighted by Gasteiger charge is 2.22. The Balaban J connectivity index is 1.47. The van der Waals surface area contributed by atoms with Gasteiger partial charge in [-0.2, -0.15) is 0 Å². The van der Waals surface area contributed by atoms with Crippen molar-refractivity contribution in [3.63, 3.8) is 0 Å². The molecule has 0 aromatic heterocycles. The van der Waals surface area contributed by atoms with E-state index >= 15 is 0 Å². The van der Waals surface area contributed by atoms with E-state index in [9.17, 15) is 4.79 Å². The van der Waals surface area contributed by atoms with E-state index in [1.807, 2.05) is 12.1 Å². The molecule has 3 rings (SSSR count). The zero-order valence-electron chi connectivity index (χ0n) is 20.3. The zero-order chi connectivity index (χ0) is 22.6.